The van der Waals surface area contributed by atoms with Crippen molar-refractivity contribution in [2.24, 2.45) is 5.10 Å². The SMILES string of the molecule is CCOc1ccc(C(=O)NCC(=O)N/N=C/c2cc(OC)ccc2Br)cc1. The smallest absolute Gasteiger partial charge is 0.259 e. The molecule has 2 rings (SSSR count). The first-order valence-electron chi connectivity index (χ1n) is 8.20. The molecule has 0 aromatic heterocycles. The fourth-order valence-electron chi connectivity index (χ4n) is 2.09. The molecule has 0 saturated heterocycles. The summed E-state index contributed by atoms with van der Waals surface area (Å²) < 4.78 is 11.3. The summed E-state index contributed by atoms with van der Waals surface area (Å²) in [4.78, 5) is 23.9. The lowest BCUT2D eigenvalue weighted by molar-refractivity contribution is -0.120. The van der Waals surface area contributed by atoms with Crippen molar-refractivity contribution in [3.05, 3.63) is 58.1 Å². The first-order valence-corrected chi connectivity index (χ1v) is 8.99. The van der Waals surface area contributed by atoms with Crippen LogP contribution in [0.5, 0.6) is 11.5 Å². The fourth-order valence-corrected chi connectivity index (χ4v) is 2.44. The van der Waals surface area contributed by atoms with Crippen LogP contribution in [0.3, 0.4) is 0 Å². The summed E-state index contributed by atoms with van der Waals surface area (Å²) in [5.74, 6) is 0.565. The van der Waals surface area contributed by atoms with Crippen molar-refractivity contribution in [1.82, 2.24) is 10.7 Å². The first kappa shape index (κ1) is 20.4. The van der Waals surface area contributed by atoms with Gasteiger partial charge in [-0.1, -0.05) is 15.9 Å². The molecule has 0 aliphatic rings. The molecule has 0 fully saturated rings. The molecular weight excluding hydrogens is 414 g/mol. The fraction of sp³-hybridized carbons (Fsp3) is 0.211. The van der Waals surface area contributed by atoms with E-state index in [9.17, 15) is 9.59 Å². The first-order chi connectivity index (χ1) is 13.0. The van der Waals surface area contributed by atoms with Gasteiger partial charge in [-0.05, 0) is 49.4 Å². The Balaban J connectivity index is 1.82. The Labute approximate surface area is 165 Å². The second-order valence-corrected chi connectivity index (χ2v) is 6.18. The predicted molar refractivity (Wildman–Crippen MR) is 106 cm³/mol. The Morgan fingerprint density at radius 1 is 1.15 bits per heavy atom. The number of amides is 2. The Hall–Kier alpha value is -2.87. The number of carbonyl (C=O) groups is 2. The van der Waals surface area contributed by atoms with Crippen LogP contribution in [-0.4, -0.2) is 38.3 Å². The van der Waals surface area contributed by atoms with E-state index in [-0.39, 0.29) is 12.5 Å². The second-order valence-electron chi connectivity index (χ2n) is 5.32. The number of carbonyl (C=O) groups excluding carboxylic acids is 2. The molecular formula is C19H20BrN3O4. The molecule has 7 nitrogen and oxygen atoms in total. The number of halogens is 1. The molecule has 0 aliphatic carbocycles. The Kier molecular flexibility index (Phi) is 7.81. The number of methoxy groups -OCH3 is 1. The number of hydrogen-bond donors (Lipinski definition) is 2. The molecule has 2 N–H and O–H groups in total. The van der Waals surface area contributed by atoms with E-state index in [0.717, 1.165) is 10.0 Å². The highest BCUT2D eigenvalue weighted by atomic mass is 79.9. The molecule has 2 aromatic rings. The van der Waals surface area contributed by atoms with Crippen LogP contribution in [-0.2, 0) is 4.79 Å². The van der Waals surface area contributed by atoms with Gasteiger partial charge in [0.2, 0.25) is 0 Å². The minimum absolute atomic E-state index is 0.192. The van der Waals surface area contributed by atoms with E-state index < -0.39 is 5.91 Å². The number of ether oxygens (including phenoxy) is 2. The molecule has 0 radical (unpaired) electrons. The highest BCUT2D eigenvalue weighted by Gasteiger charge is 2.08. The van der Waals surface area contributed by atoms with E-state index >= 15 is 0 Å². The van der Waals surface area contributed by atoms with Gasteiger partial charge in [-0.2, -0.15) is 5.10 Å². The van der Waals surface area contributed by atoms with Crippen LogP contribution in [0.4, 0.5) is 0 Å². The van der Waals surface area contributed by atoms with Gasteiger partial charge < -0.3 is 14.8 Å². The van der Waals surface area contributed by atoms with Crippen molar-refractivity contribution in [2.75, 3.05) is 20.3 Å². The molecule has 0 atom stereocenters. The molecule has 0 aliphatic heterocycles. The standard InChI is InChI=1S/C19H20BrN3O4/c1-3-27-15-6-4-13(5-7-15)19(25)21-12-18(24)23-22-11-14-10-16(26-2)8-9-17(14)20/h4-11H,3,12H2,1-2H3,(H,21,25)(H,23,24)/b22-11+. The molecule has 0 bridgehead atoms. The maximum absolute atomic E-state index is 12.0. The maximum Gasteiger partial charge on any atom is 0.259 e. The molecule has 142 valence electrons. The lowest BCUT2D eigenvalue weighted by Crippen LogP contribution is -2.34. The molecule has 2 amide bonds. The Bertz CT molecular complexity index is 822. The molecule has 0 heterocycles. The summed E-state index contributed by atoms with van der Waals surface area (Å²) in [6.07, 6.45) is 1.48. The van der Waals surface area contributed by atoms with Crippen LogP contribution in [0.1, 0.15) is 22.8 Å². The van der Waals surface area contributed by atoms with E-state index in [1.807, 2.05) is 13.0 Å². The number of nitrogens with one attached hydrogen (secondary N) is 2. The number of nitrogens with zero attached hydrogens (tertiary/aromatic N) is 1. The van der Waals surface area contributed by atoms with Gasteiger partial charge in [-0.25, -0.2) is 5.43 Å². The molecule has 0 unspecified atom stereocenters. The van der Waals surface area contributed by atoms with E-state index in [1.165, 1.54) is 6.21 Å². The third kappa shape index (κ3) is 6.41. The highest BCUT2D eigenvalue weighted by molar-refractivity contribution is 9.10. The zero-order chi connectivity index (χ0) is 19.6. The monoisotopic (exact) mass is 433 g/mol. The topological polar surface area (TPSA) is 89.0 Å². The third-order valence-corrected chi connectivity index (χ3v) is 4.16. The van der Waals surface area contributed by atoms with Crippen molar-refractivity contribution < 1.29 is 19.1 Å². The summed E-state index contributed by atoms with van der Waals surface area (Å²) in [7, 11) is 1.57. The van der Waals surface area contributed by atoms with Crippen LogP contribution in [0.25, 0.3) is 0 Å². The van der Waals surface area contributed by atoms with E-state index in [2.05, 4.69) is 31.8 Å². The average molecular weight is 434 g/mol. The molecule has 0 spiro atoms. The molecule has 0 saturated carbocycles. The van der Waals surface area contributed by atoms with Gasteiger partial charge in [0.1, 0.15) is 11.5 Å². The van der Waals surface area contributed by atoms with Crippen LogP contribution < -0.4 is 20.2 Å². The minimum atomic E-state index is -0.440. The third-order valence-electron chi connectivity index (χ3n) is 3.43. The van der Waals surface area contributed by atoms with Gasteiger partial charge >= 0.3 is 0 Å². The lowest BCUT2D eigenvalue weighted by atomic mass is 10.2. The van der Waals surface area contributed by atoms with Crippen molar-refractivity contribution in [1.29, 1.82) is 0 Å². The number of benzene rings is 2. The number of hydrogen-bond acceptors (Lipinski definition) is 5. The van der Waals surface area contributed by atoms with Gasteiger partial charge in [-0.3, -0.25) is 9.59 Å². The summed E-state index contributed by atoms with van der Waals surface area (Å²) in [5.41, 5.74) is 3.55. The van der Waals surface area contributed by atoms with Gasteiger partial charge in [0.15, 0.2) is 0 Å². The van der Waals surface area contributed by atoms with Gasteiger partial charge in [0, 0.05) is 15.6 Å². The zero-order valence-electron chi connectivity index (χ0n) is 15.0. The van der Waals surface area contributed by atoms with Crippen molar-refractivity contribution in [3.63, 3.8) is 0 Å². The Morgan fingerprint density at radius 2 is 1.85 bits per heavy atom. The minimum Gasteiger partial charge on any atom is -0.497 e. The van der Waals surface area contributed by atoms with Crippen molar-refractivity contribution in [2.45, 2.75) is 6.92 Å². The largest absolute Gasteiger partial charge is 0.497 e. The molecule has 27 heavy (non-hydrogen) atoms. The summed E-state index contributed by atoms with van der Waals surface area (Å²) in [6.45, 7) is 2.25. The van der Waals surface area contributed by atoms with Gasteiger partial charge in [0.25, 0.3) is 11.8 Å². The van der Waals surface area contributed by atoms with Crippen LogP contribution in [0.2, 0.25) is 0 Å². The van der Waals surface area contributed by atoms with E-state index in [1.54, 1.807) is 43.5 Å². The van der Waals surface area contributed by atoms with E-state index in [0.29, 0.717) is 23.7 Å². The summed E-state index contributed by atoms with van der Waals surface area (Å²) in [5, 5.41) is 6.42. The van der Waals surface area contributed by atoms with Gasteiger partial charge in [-0.15, -0.1) is 0 Å². The van der Waals surface area contributed by atoms with Gasteiger partial charge in [0.05, 0.1) is 26.5 Å². The highest BCUT2D eigenvalue weighted by Crippen LogP contribution is 2.20. The van der Waals surface area contributed by atoms with Crippen molar-refractivity contribution in [3.8, 4) is 11.5 Å². The summed E-state index contributed by atoms with van der Waals surface area (Å²) in [6, 6.07) is 12.1. The average Bonchev–Trinajstić information content (AvgIpc) is 2.68. The normalized spacial score (nSPS) is 10.5. The summed E-state index contributed by atoms with van der Waals surface area (Å²) >= 11 is 3.39. The second kappa shape index (κ2) is 10.3. The van der Waals surface area contributed by atoms with Crippen LogP contribution >= 0.6 is 15.9 Å². The quantitative estimate of drug-likeness (QED) is 0.494. The molecule has 2 aromatic carbocycles. The Morgan fingerprint density at radius 3 is 2.52 bits per heavy atom. The van der Waals surface area contributed by atoms with E-state index in [4.69, 9.17) is 9.47 Å². The zero-order valence-corrected chi connectivity index (χ0v) is 16.6. The lowest BCUT2D eigenvalue weighted by Gasteiger charge is -2.06. The van der Waals surface area contributed by atoms with Crippen molar-refractivity contribution >= 4 is 34.0 Å². The van der Waals surface area contributed by atoms with Crippen LogP contribution in [0.15, 0.2) is 52.0 Å². The predicted octanol–water partition coefficient (Wildman–Crippen LogP) is 2.74. The number of rotatable bonds is 8. The number of hydrazone groups is 1. The molecule has 8 heteroatoms. The van der Waals surface area contributed by atoms with Crippen LogP contribution in [0, 0.1) is 0 Å². The maximum atomic E-state index is 12.0.